The van der Waals surface area contributed by atoms with Gasteiger partial charge in [0.2, 0.25) is 0 Å². The Morgan fingerprint density at radius 2 is 1.75 bits per heavy atom. The minimum Gasteiger partial charge on any atom is -0.375 e. The number of amides is 1. The average molecular weight is 379 g/mol. The maximum absolute atomic E-state index is 13.3. The molecule has 3 heterocycles. The van der Waals surface area contributed by atoms with Crippen LogP contribution in [0.15, 0.2) is 48.7 Å². The van der Waals surface area contributed by atoms with Crippen molar-refractivity contribution in [3.8, 4) is 0 Å². The van der Waals surface area contributed by atoms with Gasteiger partial charge < -0.3 is 5.11 Å². The Morgan fingerprint density at radius 1 is 1.04 bits per heavy atom. The molecule has 2 aliphatic rings. The van der Waals surface area contributed by atoms with E-state index in [1.807, 2.05) is 12.1 Å². The van der Waals surface area contributed by atoms with Crippen LogP contribution in [0.1, 0.15) is 48.2 Å². The molecular weight excluding hydrogens is 354 g/mol. The van der Waals surface area contributed by atoms with Gasteiger partial charge in [-0.05, 0) is 44.1 Å². The van der Waals surface area contributed by atoms with Crippen molar-refractivity contribution in [2.75, 3.05) is 24.7 Å². The van der Waals surface area contributed by atoms with Gasteiger partial charge in [-0.3, -0.25) is 24.4 Å². The molecule has 2 aromatic rings. The number of aliphatic hydroxyl groups is 1. The van der Waals surface area contributed by atoms with E-state index < -0.39 is 11.5 Å². The lowest BCUT2D eigenvalue weighted by Gasteiger charge is -2.28. The molecular formula is C22H25N3O3. The average Bonchev–Trinajstić information content (AvgIpc) is 2.91. The number of fused-ring (bicyclic) bond motifs is 1. The van der Waals surface area contributed by atoms with Crippen LogP contribution in [0, 0.1) is 0 Å². The fraction of sp³-hybridized carbons (Fsp3) is 0.409. The molecule has 1 saturated heterocycles. The molecule has 0 spiro atoms. The molecule has 1 fully saturated rings. The molecule has 4 rings (SSSR count). The Labute approximate surface area is 164 Å². The van der Waals surface area contributed by atoms with Crippen LogP contribution in [-0.4, -0.2) is 46.4 Å². The quantitative estimate of drug-likeness (QED) is 0.809. The number of rotatable bonds is 5. The Hall–Kier alpha value is -2.57. The number of carbonyl (C=O) groups excluding carboxylic acids is 2. The van der Waals surface area contributed by atoms with Gasteiger partial charge in [0.1, 0.15) is 5.69 Å². The molecule has 0 bridgehead atoms. The minimum atomic E-state index is -1.85. The van der Waals surface area contributed by atoms with Gasteiger partial charge in [0, 0.05) is 11.8 Å². The highest BCUT2D eigenvalue weighted by Gasteiger charge is 2.51. The van der Waals surface area contributed by atoms with Gasteiger partial charge in [-0.2, -0.15) is 0 Å². The zero-order valence-electron chi connectivity index (χ0n) is 15.9. The second kappa shape index (κ2) is 7.81. The largest absolute Gasteiger partial charge is 0.375 e. The van der Waals surface area contributed by atoms with Gasteiger partial charge in [0.25, 0.3) is 5.91 Å². The maximum atomic E-state index is 13.3. The van der Waals surface area contributed by atoms with Gasteiger partial charge in [-0.25, -0.2) is 0 Å². The van der Waals surface area contributed by atoms with Crippen LogP contribution in [0.4, 0.5) is 5.69 Å². The number of ketones is 1. The van der Waals surface area contributed by atoms with Gasteiger partial charge in [-0.1, -0.05) is 37.1 Å². The summed E-state index contributed by atoms with van der Waals surface area (Å²) in [6, 6.07) is 12.3. The second-order valence-corrected chi connectivity index (χ2v) is 7.60. The highest BCUT2D eigenvalue weighted by Crippen LogP contribution is 2.42. The molecule has 1 atom stereocenters. The molecule has 0 saturated carbocycles. The second-order valence-electron chi connectivity index (χ2n) is 7.60. The number of aromatic nitrogens is 1. The third-order valence-corrected chi connectivity index (χ3v) is 5.65. The number of nitrogens with zero attached hydrogens (tertiary/aromatic N) is 3. The van der Waals surface area contributed by atoms with E-state index in [0.717, 1.165) is 25.9 Å². The number of anilines is 1. The number of likely N-dealkylation sites (tertiary alicyclic amines) is 1. The number of hydrogen-bond donors (Lipinski definition) is 1. The lowest BCUT2D eigenvalue weighted by Crippen LogP contribution is -2.46. The third kappa shape index (κ3) is 3.45. The third-order valence-electron chi connectivity index (χ3n) is 5.65. The van der Waals surface area contributed by atoms with E-state index in [4.69, 9.17) is 0 Å². The molecule has 146 valence electrons. The van der Waals surface area contributed by atoms with Crippen molar-refractivity contribution in [2.45, 2.75) is 37.7 Å². The molecule has 0 aliphatic carbocycles. The highest BCUT2D eigenvalue weighted by molar-refractivity contribution is 6.10. The van der Waals surface area contributed by atoms with Crippen molar-refractivity contribution in [2.24, 2.45) is 0 Å². The predicted octanol–water partition coefficient (Wildman–Crippen LogP) is 2.72. The monoisotopic (exact) mass is 379 g/mol. The van der Waals surface area contributed by atoms with Crippen LogP contribution >= 0.6 is 0 Å². The zero-order valence-corrected chi connectivity index (χ0v) is 15.9. The van der Waals surface area contributed by atoms with E-state index in [9.17, 15) is 14.7 Å². The molecule has 1 amide bonds. The Balaban J connectivity index is 1.61. The highest BCUT2D eigenvalue weighted by atomic mass is 16.3. The van der Waals surface area contributed by atoms with Crippen molar-refractivity contribution in [1.29, 1.82) is 0 Å². The number of benzene rings is 1. The van der Waals surface area contributed by atoms with Gasteiger partial charge in [-0.15, -0.1) is 0 Å². The fourth-order valence-electron chi connectivity index (χ4n) is 4.15. The van der Waals surface area contributed by atoms with Crippen LogP contribution in [0.25, 0.3) is 0 Å². The number of Topliss-reactive ketones (excluding diaryl/α,β-unsaturated/α-hetero) is 1. The number of pyridine rings is 1. The standard InChI is InChI=1S/C22H25N3O3/c26-20(18-10-5-6-12-23-18)15-22(28)17-9-3-4-11-19(17)25(21(22)27)16-24-13-7-1-2-8-14-24/h3-6,9-12,28H,1-2,7-8,13-16H2. The maximum Gasteiger partial charge on any atom is 0.265 e. The molecule has 1 N–H and O–H groups in total. The SMILES string of the molecule is O=C(CC1(O)C(=O)N(CN2CCCCCC2)c2ccccc21)c1ccccn1. The van der Waals surface area contributed by atoms with E-state index in [0.29, 0.717) is 17.9 Å². The summed E-state index contributed by atoms with van der Waals surface area (Å²) in [5.41, 5.74) is -0.406. The van der Waals surface area contributed by atoms with E-state index in [-0.39, 0.29) is 17.9 Å². The van der Waals surface area contributed by atoms with E-state index in [1.165, 1.54) is 19.0 Å². The van der Waals surface area contributed by atoms with Crippen molar-refractivity contribution in [1.82, 2.24) is 9.88 Å². The summed E-state index contributed by atoms with van der Waals surface area (Å²) >= 11 is 0. The normalized spacial score (nSPS) is 22.8. The van der Waals surface area contributed by atoms with E-state index in [1.54, 1.807) is 35.2 Å². The number of carbonyl (C=O) groups is 2. The van der Waals surface area contributed by atoms with Gasteiger partial charge in [0.15, 0.2) is 11.4 Å². The summed E-state index contributed by atoms with van der Waals surface area (Å²) < 4.78 is 0. The van der Waals surface area contributed by atoms with E-state index >= 15 is 0 Å². The molecule has 0 radical (unpaired) electrons. The van der Waals surface area contributed by atoms with Crippen molar-refractivity contribution in [3.05, 3.63) is 59.9 Å². The first-order chi connectivity index (χ1) is 13.6. The van der Waals surface area contributed by atoms with Gasteiger partial charge >= 0.3 is 0 Å². The van der Waals surface area contributed by atoms with Crippen LogP contribution in [0.5, 0.6) is 0 Å². The summed E-state index contributed by atoms with van der Waals surface area (Å²) in [5, 5.41) is 11.3. The van der Waals surface area contributed by atoms with Crippen molar-refractivity contribution in [3.63, 3.8) is 0 Å². The van der Waals surface area contributed by atoms with Crippen LogP contribution in [0.2, 0.25) is 0 Å². The minimum absolute atomic E-state index is 0.257. The van der Waals surface area contributed by atoms with Crippen molar-refractivity contribution < 1.29 is 14.7 Å². The predicted molar refractivity (Wildman–Crippen MR) is 106 cm³/mol. The molecule has 2 aliphatic heterocycles. The summed E-state index contributed by atoms with van der Waals surface area (Å²) in [6.45, 7) is 2.32. The summed E-state index contributed by atoms with van der Waals surface area (Å²) in [6.07, 6.45) is 5.88. The molecule has 1 aromatic heterocycles. The van der Waals surface area contributed by atoms with Crippen LogP contribution < -0.4 is 4.90 Å². The molecule has 1 unspecified atom stereocenters. The topological polar surface area (TPSA) is 73.7 Å². The summed E-state index contributed by atoms with van der Waals surface area (Å²) in [4.78, 5) is 33.9. The first-order valence-corrected chi connectivity index (χ1v) is 9.90. The lowest BCUT2D eigenvalue weighted by atomic mass is 9.89. The number of para-hydroxylation sites is 1. The smallest absolute Gasteiger partial charge is 0.265 e. The molecule has 1 aromatic carbocycles. The molecule has 6 nitrogen and oxygen atoms in total. The Morgan fingerprint density at radius 3 is 2.46 bits per heavy atom. The van der Waals surface area contributed by atoms with Crippen LogP contribution in [0.3, 0.4) is 0 Å². The first-order valence-electron chi connectivity index (χ1n) is 9.90. The fourth-order valence-corrected chi connectivity index (χ4v) is 4.15. The summed E-state index contributed by atoms with van der Waals surface area (Å²) in [7, 11) is 0. The lowest BCUT2D eigenvalue weighted by molar-refractivity contribution is -0.136. The Kier molecular flexibility index (Phi) is 5.24. The zero-order chi connectivity index (χ0) is 19.6. The van der Waals surface area contributed by atoms with E-state index in [2.05, 4.69) is 9.88 Å². The molecule has 28 heavy (non-hydrogen) atoms. The Bertz CT molecular complexity index is 862. The van der Waals surface area contributed by atoms with Crippen LogP contribution in [-0.2, 0) is 10.4 Å². The first kappa shape index (κ1) is 18.8. The number of hydrogen-bond acceptors (Lipinski definition) is 5. The van der Waals surface area contributed by atoms with Crippen molar-refractivity contribution >= 4 is 17.4 Å². The molecule has 6 heteroatoms. The summed E-state index contributed by atoms with van der Waals surface area (Å²) in [5.74, 6) is -0.773. The van der Waals surface area contributed by atoms with Gasteiger partial charge in [0.05, 0.1) is 18.8 Å².